The molecule has 0 heterocycles. The highest BCUT2D eigenvalue weighted by Crippen LogP contribution is 2.23. The van der Waals surface area contributed by atoms with E-state index in [1.54, 1.807) is 17.0 Å². The second-order valence-corrected chi connectivity index (χ2v) is 9.96. The Hall–Kier alpha value is -3.90. The number of carbonyl (C=O) groups is 1. The van der Waals surface area contributed by atoms with E-state index in [0.29, 0.717) is 18.7 Å². The minimum Gasteiger partial charge on any atom is -0.489 e. The van der Waals surface area contributed by atoms with E-state index in [1.165, 1.54) is 12.1 Å². The van der Waals surface area contributed by atoms with Crippen LogP contribution in [-0.4, -0.2) is 20.6 Å². The Bertz CT molecular complexity index is 1350. The Morgan fingerprint density at radius 2 is 1.41 bits per heavy atom. The summed E-state index contributed by atoms with van der Waals surface area (Å²) >= 11 is 0. The van der Waals surface area contributed by atoms with Crippen molar-refractivity contribution >= 4 is 21.4 Å². The van der Waals surface area contributed by atoms with Gasteiger partial charge in [-0.25, -0.2) is 8.42 Å². The Morgan fingerprint density at radius 1 is 0.765 bits per heavy atom. The summed E-state index contributed by atoms with van der Waals surface area (Å²) in [5.41, 5.74) is 3.04. The van der Waals surface area contributed by atoms with Crippen LogP contribution in [0.5, 0.6) is 5.75 Å². The topological polar surface area (TPSA) is 63.7 Å². The van der Waals surface area contributed by atoms with Gasteiger partial charge in [0.15, 0.2) is 9.84 Å². The number of hydrogen-bond acceptors (Lipinski definition) is 4. The zero-order chi connectivity index (χ0) is 24.0. The van der Waals surface area contributed by atoms with Gasteiger partial charge in [0.2, 0.25) is 0 Å². The van der Waals surface area contributed by atoms with Crippen LogP contribution in [0.2, 0.25) is 0 Å². The van der Waals surface area contributed by atoms with Crippen LogP contribution >= 0.6 is 0 Å². The molecular formula is C28H25NO4S. The van der Waals surface area contributed by atoms with Gasteiger partial charge in [0, 0.05) is 17.5 Å². The van der Waals surface area contributed by atoms with Crippen LogP contribution in [0.4, 0.5) is 5.69 Å². The van der Waals surface area contributed by atoms with Crippen molar-refractivity contribution in [3.63, 3.8) is 0 Å². The molecule has 0 radical (unpaired) electrons. The van der Waals surface area contributed by atoms with Crippen molar-refractivity contribution in [2.24, 2.45) is 0 Å². The van der Waals surface area contributed by atoms with Crippen molar-refractivity contribution in [1.29, 1.82) is 0 Å². The molecule has 5 nitrogen and oxygen atoms in total. The van der Waals surface area contributed by atoms with E-state index in [1.807, 2.05) is 84.9 Å². The maximum absolute atomic E-state index is 13.5. The molecule has 34 heavy (non-hydrogen) atoms. The number of sulfone groups is 1. The lowest BCUT2D eigenvalue weighted by Gasteiger charge is -2.23. The van der Waals surface area contributed by atoms with E-state index in [9.17, 15) is 13.2 Å². The maximum atomic E-state index is 13.5. The minimum atomic E-state index is -3.42. The van der Waals surface area contributed by atoms with Crippen LogP contribution < -0.4 is 9.64 Å². The van der Waals surface area contributed by atoms with Crippen LogP contribution in [0.25, 0.3) is 0 Å². The van der Waals surface area contributed by atoms with Gasteiger partial charge in [-0.3, -0.25) is 4.79 Å². The maximum Gasteiger partial charge on any atom is 0.258 e. The highest BCUT2D eigenvalue weighted by molar-refractivity contribution is 7.90. The Morgan fingerprint density at radius 3 is 2.06 bits per heavy atom. The SMILES string of the molecule is CS(=O)(=O)c1cccc(C(=O)N(Cc2ccc(OCc3ccccc3)cc2)c2ccccc2)c1. The molecule has 0 saturated carbocycles. The van der Waals surface area contributed by atoms with E-state index in [0.717, 1.165) is 28.8 Å². The quantitative estimate of drug-likeness (QED) is 0.340. The predicted octanol–water partition coefficient (Wildman–Crippen LogP) is 5.52. The predicted molar refractivity (Wildman–Crippen MR) is 134 cm³/mol. The molecular weight excluding hydrogens is 446 g/mol. The number of rotatable bonds is 8. The first-order chi connectivity index (χ1) is 16.4. The number of carbonyl (C=O) groups excluding carboxylic acids is 1. The molecule has 1 amide bonds. The molecule has 0 bridgehead atoms. The fourth-order valence-corrected chi connectivity index (χ4v) is 4.19. The Labute approximate surface area is 200 Å². The van der Waals surface area contributed by atoms with Gasteiger partial charge in [0.25, 0.3) is 5.91 Å². The monoisotopic (exact) mass is 471 g/mol. The smallest absolute Gasteiger partial charge is 0.258 e. The van der Waals surface area contributed by atoms with Gasteiger partial charge in [0.05, 0.1) is 11.4 Å². The standard InChI is InChI=1S/C28H25NO4S/c1-34(31,32)27-14-8-11-24(19-27)28(30)29(25-12-6-3-7-13-25)20-22-15-17-26(18-16-22)33-21-23-9-4-2-5-10-23/h2-19H,20-21H2,1H3. The second-order valence-electron chi connectivity index (χ2n) is 7.95. The van der Waals surface area contributed by atoms with Crippen LogP contribution in [0.3, 0.4) is 0 Å². The van der Waals surface area contributed by atoms with Gasteiger partial charge in [-0.1, -0.05) is 66.7 Å². The first kappa shape index (κ1) is 23.3. The highest BCUT2D eigenvalue weighted by Gasteiger charge is 2.20. The van der Waals surface area contributed by atoms with Crippen molar-refractivity contribution in [2.75, 3.05) is 11.2 Å². The van der Waals surface area contributed by atoms with Gasteiger partial charge in [-0.2, -0.15) is 0 Å². The molecule has 0 fully saturated rings. The van der Waals surface area contributed by atoms with E-state index in [2.05, 4.69) is 0 Å². The van der Waals surface area contributed by atoms with Gasteiger partial charge in [-0.05, 0) is 53.6 Å². The lowest BCUT2D eigenvalue weighted by atomic mass is 10.1. The molecule has 0 atom stereocenters. The number of para-hydroxylation sites is 1. The Kier molecular flexibility index (Phi) is 7.09. The van der Waals surface area contributed by atoms with Crippen molar-refractivity contribution in [3.05, 3.63) is 126 Å². The summed E-state index contributed by atoms with van der Waals surface area (Å²) in [6.07, 6.45) is 1.13. The summed E-state index contributed by atoms with van der Waals surface area (Å²) in [6.45, 7) is 0.802. The van der Waals surface area contributed by atoms with Gasteiger partial charge >= 0.3 is 0 Å². The fourth-order valence-electron chi connectivity index (χ4n) is 3.52. The number of anilines is 1. The molecule has 4 aromatic carbocycles. The molecule has 4 aromatic rings. The average molecular weight is 472 g/mol. The van der Waals surface area contributed by atoms with Gasteiger partial charge < -0.3 is 9.64 Å². The Balaban J connectivity index is 1.55. The summed E-state index contributed by atoms with van der Waals surface area (Å²) in [4.78, 5) is 15.2. The number of hydrogen-bond donors (Lipinski definition) is 0. The second kappa shape index (κ2) is 10.4. The van der Waals surface area contributed by atoms with Gasteiger partial charge in [0.1, 0.15) is 12.4 Å². The largest absolute Gasteiger partial charge is 0.489 e. The summed E-state index contributed by atoms with van der Waals surface area (Å²) in [7, 11) is -3.42. The fraction of sp³-hybridized carbons (Fsp3) is 0.107. The lowest BCUT2D eigenvalue weighted by Crippen LogP contribution is -2.30. The van der Waals surface area contributed by atoms with Crippen LogP contribution in [0, 0.1) is 0 Å². The molecule has 0 spiro atoms. The molecule has 0 saturated heterocycles. The molecule has 0 aromatic heterocycles. The molecule has 4 rings (SSSR count). The number of benzene rings is 4. The van der Waals surface area contributed by atoms with Crippen molar-refractivity contribution in [2.45, 2.75) is 18.0 Å². The number of amides is 1. The first-order valence-electron chi connectivity index (χ1n) is 10.8. The van der Waals surface area contributed by atoms with E-state index in [-0.39, 0.29) is 10.8 Å². The lowest BCUT2D eigenvalue weighted by molar-refractivity contribution is 0.0985. The molecule has 0 unspecified atom stereocenters. The van der Waals surface area contributed by atoms with E-state index >= 15 is 0 Å². The summed E-state index contributed by atoms with van der Waals surface area (Å²) in [6, 6.07) is 33.0. The summed E-state index contributed by atoms with van der Waals surface area (Å²) in [5.74, 6) is 0.465. The van der Waals surface area contributed by atoms with Crippen LogP contribution in [-0.2, 0) is 23.0 Å². The van der Waals surface area contributed by atoms with E-state index < -0.39 is 9.84 Å². The third-order valence-corrected chi connectivity index (χ3v) is 6.44. The van der Waals surface area contributed by atoms with Crippen LogP contribution in [0.15, 0.2) is 114 Å². The summed E-state index contributed by atoms with van der Waals surface area (Å²) < 4.78 is 29.8. The molecule has 0 aliphatic heterocycles. The molecule has 0 aliphatic rings. The van der Waals surface area contributed by atoms with Crippen molar-refractivity contribution in [1.82, 2.24) is 0 Å². The van der Waals surface area contributed by atoms with Crippen LogP contribution in [0.1, 0.15) is 21.5 Å². The minimum absolute atomic E-state index is 0.117. The van der Waals surface area contributed by atoms with Gasteiger partial charge in [-0.15, -0.1) is 0 Å². The highest BCUT2D eigenvalue weighted by atomic mass is 32.2. The van der Waals surface area contributed by atoms with Crippen molar-refractivity contribution in [3.8, 4) is 5.75 Å². The number of ether oxygens (including phenoxy) is 1. The number of nitrogens with zero attached hydrogens (tertiary/aromatic N) is 1. The zero-order valence-electron chi connectivity index (χ0n) is 18.8. The third-order valence-electron chi connectivity index (χ3n) is 5.33. The van der Waals surface area contributed by atoms with Crippen molar-refractivity contribution < 1.29 is 17.9 Å². The normalized spacial score (nSPS) is 11.1. The zero-order valence-corrected chi connectivity index (χ0v) is 19.6. The first-order valence-corrected chi connectivity index (χ1v) is 12.7. The third kappa shape index (κ3) is 5.91. The van der Waals surface area contributed by atoms with E-state index in [4.69, 9.17) is 4.74 Å². The molecule has 6 heteroatoms. The molecule has 0 aliphatic carbocycles. The summed E-state index contributed by atoms with van der Waals surface area (Å²) in [5, 5.41) is 0. The molecule has 0 N–H and O–H groups in total. The molecule has 172 valence electrons. The average Bonchev–Trinajstić information content (AvgIpc) is 2.87.